The van der Waals surface area contributed by atoms with Crippen LogP contribution in [-0.2, 0) is 19.2 Å². The number of thiophene rings is 1. The van der Waals surface area contributed by atoms with Gasteiger partial charge in [-0.25, -0.2) is 13.2 Å². The van der Waals surface area contributed by atoms with E-state index >= 15 is 0 Å². The Hall–Kier alpha value is -1.89. The van der Waals surface area contributed by atoms with Crippen LogP contribution in [0.3, 0.4) is 0 Å². The van der Waals surface area contributed by atoms with Gasteiger partial charge in [0.05, 0.1) is 0 Å². The molecule has 0 aliphatic rings. The lowest BCUT2D eigenvalue weighted by atomic mass is 10.1. The van der Waals surface area contributed by atoms with Crippen LogP contribution in [0.5, 0.6) is 11.5 Å². The smallest absolute Gasteiger partial charge is 0.341 e. The largest absolute Gasteiger partial charge is 0.492 e. The number of carbonyl (C=O) groups is 1. The van der Waals surface area contributed by atoms with Gasteiger partial charge in [-0.1, -0.05) is 35.6 Å². The lowest BCUT2D eigenvalue weighted by molar-refractivity contribution is -0.139. The predicted molar refractivity (Wildman–Crippen MR) is 143 cm³/mol. The Morgan fingerprint density at radius 2 is 1.88 bits per heavy atom. The second-order valence-corrected chi connectivity index (χ2v) is 11.8. The maximum absolute atomic E-state index is 13.6. The van der Waals surface area contributed by atoms with Gasteiger partial charge in [-0.05, 0) is 72.7 Å². The topological polar surface area (TPSA) is 93.1 Å². The van der Waals surface area contributed by atoms with E-state index in [2.05, 4.69) is 28.7 Å². The van der Waals surface area contributed by atoms with Gasteiger partial charge in [-0.2, -0.15) is 4.31 Å². The SMILES string of the molecule is CCCN(CCOc1ccc(OCC(=O)O)c(C)c1)S(=O)(=O)c1sc2ccc(CI)cc2c1C. The van der Waals surface area contributed by atoms with Crippen molar-refractivity contribution in [1.82, 2.24) is 4.31 Å². The van der Waals surface area contributed by atoms with E-state index in [1.54, 1.807) is 25.1 Å². The summed E-state index contributed by atoms with van der Waals surface area (Å²) in [6.45, 7) is 6.02. The van der Waals surface area contributed by atoms with E-state index in [0.717, 1.165) is 25.6 Å². The molecule has 0 aliphatic heterocycles. The average molecular weight is 618 g/mol. The van der Waals surface area contributed by atoms with Gasteiger partial charge in [-0.15, -0.1) is 11.3 Å². The molecule has 184 valence electrons. The minimum absolute atomic E-state index is 0.191. The van der Waals surface area contributed by atoms with E-state index in [9.17, 15) is 13.2 Å². The number of nitrogens with zero attached hydrogens (tertiary/aromatic N) is 1. The average Bonchev–Trinajstić information content (AvgIpc) is 3.14. The van der Waals surface area contributed by atoms with E-state index in [1.165, 1.54) is 21.2 Å². The Labute approximate surface area is 217 Å². The number of benzene rings is 2. The van der Waals surface area contributed by atoms with Crippen LogP contribution in [0.4, 0.5) is 0 Å². The third-order valence-corrected chi connectivity index (χ3v) is 9.92. The van der Waals surface area contributed by atoms with Crippen molar-refractivity contribution in [3.8, 4) is 11.5 Å². The zero-order valence-corrected chi connectivity index (χ0v) is 23.1. The number of rotatable bonds is 12. The van der Waals surface area contributed by atoms with Crippen LogP contribution in [0.1, 0.15) is 30.0 Å². The van der Waals surface area contributed by atoms with Gasteiger partial charge in [0.2, 0.25) is 0 Å². The monoisotopic (exact) mass is 617 g/mol. The molecule has 2 aromatic carbocycles. The predicted octanol–water partition coefficient (Wildman–Crippen LogP) is 5.40. The zero-order chi connectivity index (χ0) is 24.9. The summed E-state index contributed by atoms with van der Waals surface area (Å²) in [6.07, 6.45) is 0.691. The highest BCUT2D eigenvalue weighted by molar-refractivity contribution is 14.1. The fourth-order valence-corrected chi connectivity index (χ4v) is 7.44. The molecule has 3 aromatic rings. The summed E-state index contributed by atoms with van der Waals surface area (Å²) in [6, 6.07) is 11.2. The summed E-state index contributed by atoms with van der Waals surface area (Å²) in [4.78, 5) is 10.7. The molecule has 0 saturated heterocycles. The third kappa shape index (κ3) is 6.21. The maximum atomic E-state index is 13.6. The minimum atomic E-state index is -3.67. The van der Waals surface area contributed by atoms with Crippen LogP contribution >= 0.6 is 33.9 Å². The van der Waals surface area contributed by atoms with Crippen LogP contribution in [0.25, 0.3) is 10.1 Å². The van der Waals surface area contributed by atoms with Gasteiger partial charge in [0.1, 0.15) is 22.3 Å². The second kappa shape index (κ2) is 11.7. The summed E-state index contributed by atoms with van der Waals surface area (Å²) in [5, 5.41) is 9.75. The molecule has 7 nitrogen and oxygen atoms in total. The Bertz CT molecular complexity index is 1270. The number of alkyl halides is 1. The van der Waals surface area contributed by atoms with Crippen molar-refractivity contribution in [3.05, 3.63) is 53.1 Å². The number of carboxylic acids is 1. The van der Waals surface area contributed by atoms with Gasteiger partial charge in [0.15, 0.2) is 6.61 Å². The van der Waals surface area contributed by atoms with Crippen molar-refractivity contribution in [2.45, 2.75) is 35.8 Å². The lowest BCUT2D eigenvalue weighted by Gasteiger charge is -2.21. The Kier molecular flexibility index (Phi) is 9.19. The van der Waals surface area contributed by atoms with Crippen molar-refractivity contribution in [3.63, 3.8) is 0 Å². The van der Waals surface area contributed by atoms with Gasteiger partial charge in [0.25, 0.3) is 10.0 Å². The first-order valence-corrected chi connectivity index (χ1v) is 14.6. The standard InChI is InChI=1S/C24H28INO6S2/c1-4-9-26(10-11-31-19-6-7-21(16(2)12-19)32-15-23(27)28)34(29,30)24-17(3)20-13-18(14-25)5-8-22(20)33-24/h5-8,12-13H,4,9-11,14-15H2,1-3H3,(H,27,28). The first-order chi connectivity index (χ1) is 16.2. The molecule has 0 aliphatic carbocycles. The number of hydrogen-bond acceptors (Lipinski definition) is 6. The van der Waals surface area contributed by atoms with E-state index in [1.807, 2.05) is 26.0 Å². The molecular weight excluding hydrogens is 589 g/mol. The number of halogens is 1. The molecule has 0 fully saturated rings. The molecule has 0 unspecified atom stereocenters. The number of hydrogen-bond donors (Lipinski definition) is 1. The minimum Gasteiger partial charge on any atom is -0.492 e. The van der Waals surface area contributed by atoms with Crippen molar-refractivity contribution >= 4 is 60.0 Å². The van der Waals surface area contributed by atoms with Crippen molar-refractivity contribution in [2.75, 3.05) is 26.3 Å². The highest BCUT2D eigenvalue weighted by Gasteiger charge is 2.28. The first-order valence-electron chi connectivity index (χ1n) is 10.8. The summed E-state index contributed by atoms with van der Waals surface area (Å²) >= 11 is 3.62. The Balaban J connectivity index is 1.74. The van der Waals surface area contributed by atoms with Crippen molar-refractivity contribution in [2.24, 2.45) is 0 Å². The Morgan fingerprint density at radius 1 is 1.12 bits per heavy atom. The summed E-state index contributed by atoms with van der Waals surface area (Å²) in [7, 11) is -3.67. The number of carboxylic acid groups (broad SMARTS) is 1. The van der Waals surface area contributed by atoms with Gasteiger partial charge < -0.3 is 14.6 Å². The van der Waals surface area contributed by atoms with Crippen molar-refractivity contribution < 1.29 is 27.8 Å². The molecule has 34 heavy (non-hydrogen) atoms. The van der Waals surface area contributed by atoms with Crippen LogP contribution in [0.2, 0.25) is 0 Å². The molecule has 1 heterocycles. The van der Waals surface area contributed by atoms with Gasteiger partial charge in [-0.3, -0.25) is 0 Å². The van der Waals surface area contributed by atoms with Gasteiger partial charge in [0, 0.05) is 22.2 Å². The van der Waals surface area contributed by atoms with Crippen LogP contribution in [0.15, 0.2) is 40.6 Å². The molecule has 3 rings (SSSR count). The highest BCUT2D eigenvalue weighted by Crippen LogP contribution is 2.36. The summed E-state index contributed by atoms with van der Waals surface area (Å²) in [5.74, 6) is -0.00874. The first kappa shape index (κ1) is 26.7. The third-order valence-electron chi connectivity index (χ3n) is 5.27. The quantitative estimate of drug-likeness (QED) is 0.216. The Morgan fingerprint density at radius 3 is 2.53 bits per heavy atom. The molecule has 0 spiro atoms. The number of sulfonamides is 1. The van der Waals surface area contributed by atoms with Gasteiger partial charge >= 0.3 is 5.97 Å². The second-order valence-electron chi connectivity index (χ2n) is 7.84. The zero-order valence-electron chi connectivity index (χ0n) is 19.3. The molecule has 0 amide bonds. The van der Waals surface area contributed by atoms with Crippen molar-refractivity contribution in [1.29, 1.82) is 0 Å². The number of aliphatic carboxylic acids is 1. The molecule has 0 radical (unpaired) electrons. The fraction of sp³-hybridized carbons (Fsp3) is 0.375. The van der Waals surface area contributed by atoms with E-state index in [0.29, 0.717) is 28.7 Å². The lowest BCUT2D eigenvalue weighted by Crippen LogP contribution is -2.35. The maximum Gasteiger partial charge on any atom is 0.341 e. The van der Waals surface area contributed by atoms with E-state index in [-0.39, 0.29) is 13.2 Å². The fourth-order valence-electron chi connectivity index (χ4n) is 3.57. The van der Waals surface area contributed by atoms with E-state index in [4.69, 9.17) is 14.6 Å². The molecule has 0 saturated carbocycles. The molecule has 0 atom stereocenters. The molecule has 0 bridgehead atoms. The molecule has 1 aromatic heterocycles. The molecular formula is C24H28INO6S2. The van der Waals surface area contributed by atoms with Crippen LogP contribution < -0.4 is 9.47 Å². The van der Waals surface area contributed by atoms with Crippen LogP contribution in [-0.4, -0.2) is 50.1 Å². The number of aryl methyl sites for hydroxylation is 2. The highest BCUT2D eigenvalue weighted by atomic mass is 127. The number of fused-ring (bicyclic) bond motifs is 1. The summed E-state index contributed by atoms with van der Waals surface area (Å²) < 4.78 is 41.9. The van der Waals surface area contributed by atoms with E-state index < -0.39 is 22.6 Å². The number of ether oxygens (including phenoxy) is 2. The molecule has 10 heteroatoms. The normalized spacial score (nSPS) is 11.8. The van der Waals surface area contributed by atoms with Crippen LogP contribution in [0, 0.1) is 13.8 Å². The summed E-state index contributed by atoms with van der Waals surface area (Å²) in [5.41, 5.74) is 2.70. The molecule has 1 N–H and O–H groups in total.